The van der Waals surface area contributed by atoms with Crippen molar-refractivity contribution in [2.75, 3.05) is 11.1 Å². The van der Waals surface area contributed by atoms with Crippen LogP contribution in [0.2, 0.25) is 0 Å². The molecule has 4 heteroatoms. The van der Waals surface area contributed by atoms with Gasteiger partial charge in [-0.1, -0.05) is 59.8 Å². The molecule has 0 atom stereocenters. The molecule has 19 heavy (non-hydrogen) atoms. The summed E-state index contributed by atoms with van der Waals surface area (Å²) in [5.74, 6) is 1.14. The lowest BCUT2D eigenvalue weighted by molar-refractivity contribution is 0.606. The minimum atomic E-state index is 0.940. The van der Waals surface area contributed by atoms with E-state index in [4.69, 9.17) is 0 Å². The average molecular weight is 345 g/mol. The van der Waals surface area contributed by atoms with Gasteiger partial charge in [0.15, 0.2) is 5.16 Å². The molecule has 2 nitrogen and oxygen atoms in total. The van der Waals surface area contributed by atoms with Gasteiger partial charge >= 0.3 is 0 Å². The summed E-state index contributed by atoms with van der Waals surface area (Å²) in [6.07, 6.45) is 9.45. The van der Waals surface area contributed by atoms with Crippen molar-refractivity contribution >= 4 is 27.7 Å². The number of rotatable bonds is 10. The molecule has 1 heterocycles. The molecule has 1 rings (SSSR count). The molecule has 1 aromatic rings. The van der Waals surface area contributed by atoms with Gasteiger partial charge in [0, 0.05) is 22.5 Å². The molecule has 0 unspecified atom stereocenters. The second kappa shape index (κ2) is 10.7. The number of thioether (sulfide) groups is 1. The number of unbranched alkanes of at least 4 members (excludes halogenated alkanes) is 6. The van der Waals surface area contributed by atoms with Crippen LogP contribution < -0.4 is 0 Å². The normalized spacial score (nSPS) is 10.9. The van der Waals surface area contributed by atoms with E-state index in [0.717, 1.165) is 27.6 Å². The summed E-state index contributed by atoms with van der Waals surface area (Å²) >= 11 is 5.26. The van der Waals surface area contributed by atoms with Gasteiger partial charge < -0.3 is 0 Å². The molecule has 0 fully saturated rings. The standard InChI is InChI=1S/C15H25BrN2S/c1-13-12-14(2)18-15(17-13)19-11-9-7-5-3-4-6-8-10-16/h12H,3-11H2,1-2H3. The topological polar surface area (TPSA) is 25.8 Å². The summed E-state index contributed by atoms with van der Waals surface area (Å²) in [6.45, 7) is 4.07. The van der Waals surface area contributed by atoms with E-state index in [2.05, 4.69) is 25.9 Å². The van der Waals surface area contributed by atoms with Crippen molar-refractivity contribution in [1.29, 1.82) is 0 Å². The molecular weight excluding hydrogens is 320 g/mol. The number of hydrogen-bond donors (Lipinski definition) is 0. The number of aromatic nitrogens is 2. The number of nitrogens with zero attached hydrogens (tertiary/aromatic N) is 2. The van der Waals surface area contributed by atoms with Crippen LogP contribution in [0.15, 0.2) is 11.2 Å². The molecule has 108 valence electrons. The van der Waals surface area contributed by atoms with Crippen molar-refractivity contribution in [1.82, 2.24) is 9.97 Å². The van der Waals surface area contributed by atoms with Crippen LogP contribution in [-0.2, 0) is 0 Å². The van der Waals surface area contributed by atoms with Crippen LogP contribution in [0.4, 0.5) is 0 Å². The van der Waals surface area contributed by atoms with Crippen LogP contribution in [0.1, 0.15) is 56.3 Å². The molecular formula is C15H25BrN2S. The van der Waals surface area contributed by atoms with E-state index in [9.17, 15) is 0 Å². The molecule has 0 aliphatic heterocycles. The third-order valence-electron chi connectivity index (χ3n) is 2.97. The molecule has 0 amide bonds. The second-order valence-electron chi connectivity index (χ2n) is 4.95. The molecule has 0 saturated heterocycles. The fourth-order valence-electron chi connectivity index (χ4n) is 2.00. The quantitative estimate of drug-likeness (QED) is 0.249. The molecule has 0 saturated carbocycles. The van der Waals surface area contributed by atoms with Gasteiger partial charge in [0.25, 0.3) is 0 Å². The summed E-state index contributed by atoms with van der Waals surface area (Å²) < 4.78 is 0. The van der Waals surface area contributed by atoms with Crippen LogP contribution in [0, 0.1) is 13.8 Å². The summed E-state index contributed by atoms with van der Waals surface area (Å²) in [7, 11) is 0. The smallest absolute Gasteiger partial charge is 0.187 e. The summed E-state index contributed by atoms with van der Waals surface area (Å²) in [5.41, 5.74) is 2.14. The highest BCUT2D eigenvalue weighted by molar-refractivity contribution is 9.09. The van der Waals surface area contributed by atoms with Crippen LogP contribution in [0.25, 0.3) is 0 Å². The van der Waals surface area contributed by atoms with Crippen molar-refractivity contribution in [2.24, 2.45) is 0 Å². The maximum absolute atomic E-state index is 4.45. The molecule has 0 N–H and O–H groups in total. The van der Waals surface area contributed by atoms with Crippen LogP contribution in [0.3, 0.4) is 0 Å². The first-order valence-corrected chi connectivity index (χ1v) is 9.34. The maximum Gasteiger partial charge on any atom is 0.187 e. The summed E-state index contributed by atoms with van der Waals surface area (Å²) in [6, 6.07) is 2.02. The minimum Gasteiger partial charge on any atom is -0.228 e. The highest BCUT2D eigenvalue weighted by Crippen LogP contribution is 2.17. The molecule has 0 radical (unpaired) electrons. The van der Waals surface area contributed by atoms with Gasteiger partial charge in [-0.3, -0.25) is 0 Å². The fraction of sp³-hybridized carbons (Fsp3) is 0.733. The van der Waals surface area contributed by atoms with Gasteiger partial charge in [-0.2, -0.15) is 0 Å². The third kappa shape index (κ3) is 8.64. The third-order valence-corrected chi connectivity index (χ3v) is 4.47. The van der Waals surface area contributed by atoms with Crippen molar-refractivity contribution < 1.29 is 0 Å². The van der Waals surface area contributed by atoms with Crippen molar-refractivity contribution in [3.8, 4) is 0 Å². The lowest BCUT2D eigenvalue weighted by Crippen LogP contribution is -1.93. The largest absolute Gasteiger partial charge is 0.228 e. The Kier molecular flexibility index (Phi) is 9.52. The van der Waals surface area contributed by atoms with E-state index in [-0.39, 0.29) is 0 Å². The van der Waals surface area contributed by atoms with Gasteiger partial charge in [0.2, 0.25) is 0 Å². The Hall–Kier alpha value is -0.0900. The number of aryl methyl sites for hydroxylation is 2. The Morgan fingerprint density at radius 2 is 1.42 bits per heavy atom. The first kappa shape index (κ1) is 17.0. The number of hydrogen-bond acceptors (Lipinski definition) is 3. The molecule has 0 spiro atoms. The predicted octanol–water partition coefficient (Wildman–Crippen LogP) is 5.31. The fourth-order valence-corrected chi connectivity index (χ4v) is 3.35. The van der Waals surface area contributed by atoms with Gasteiger partial charge in [0.1, 0.15) is 0 Å². The maximum atomic E-state index is 4.45. The lowest BCUT2D eigenvalue weighted by Gasteiger charge is -2.03. The van der Waals surface area contributed by atoms with Gasteiger partial charge in [-0.05, 0) is 32.8 Å². The second-order valence-corrected chi connectivity index (χ2v) is 6.80. The zero-order valence-electron chi connectivity index (χ0n) is 12.1. The SMILES string of the molecule is Cc1cc(C)nc(SCCCCCCCCCBr)n1. The van der Waals surface area contributed by atoms with Crippen LogP contribution in [0.5, 0.6) is 0 Å². The Labute approximate surface area is 130 Å². The summed E-state index contributed by atoms with van der Waals surface area (Å²) in [4.78, 5) is 8.90. The molecule has 1 aromatic heterocycles. The number of halogens is 1. The van der Waals surface area contributed by atoms with E-state index in [1.807, 2.05) is 19.9 Å². The van der Waals surface area contributed by atoms with Gasteiger partial charge in [-0.25, -0.2) is 9.97 Å². The van der Waals surface area contributed by atoms with Gasteiger partial charge in [-0.15, -0.1) is 0 Å². The predicted molar refractivity (Wildman–Crippen MR) is 88.3 cm³/mol. The first-order chi connectivity index (χ1) is 9.22. The Bertz CT molecular complexity index is 338. The van der Waals surface area contributed by atoms with Crippen LogP contribution in [-0.4, -0.2) is 21.1 Å². The molecule has 0 aromatic carbocycles. The molecule has 0 aliphatic carbocycles. The Balaban J connectivity index is 2.01. The monoisotopic (exact) mass is 344 g/mol. The highest BCUT2D eigenvalue weighted by atomic mass is 79.9. The van der Waals surface area contributed by atoms with E-state index in [0.29, 0.717) is 0 Å². The van der Waals surface area contributed by atoms with Crippen molar-refractivity contribution in [3.63, 3.8) is 0 Å². The highest BCUT2D eigenvalue weighted by Gasteiger charge is 2.00. The minimum absolute atomic E-state index is 0.940. The van der Waals surface area contributed by atoms with Crippen molar-refractivity contribution in [2.45, 2.75) is 63.9 Å². The van der Waals surface area contributed by atoms with E-state index in [1.165, 1.54) is 44.9 Å². The first-order valence-electron chi connectivity index (χ1n) is 7.23. The summed E-state index contributed by atoms with van der Waals surface area (Å²) in [5, 5.41) is 2.09. The van der Waals surface area contributed by atoms with Crippen LogP contribution >= 0.6 is 27.7 Å². The van der Waals surface area contributed by atoms with E-state index < -0.39 is 0 Å². The van der Waals surface area contributed by atoms with E-state index >= 15 is 0 Å². The zero-order chi connectivity index (χ0) is 13.9. The Morgan fingerprint density at radius 3 is 2.00 bits per heavy atom. The Morgan fingerprint density at radius 1 is 0.895 bits per heavy atom. The van der Waals surface area contributed by atoms with Gasteiger partial charge in [0.05, 0.1) is 0 Å². The van der Waals surface area contributed by atoms with Crippen molar-refractivity contribution in [3.05, 3.63) is 17.5 Å². The zero-order valence-corrected chi connectivity index (χ0v) is 14.5. The number of alkyl halides is 1. The molecule has 0 bridgehead atoms. The average Bonchev–Trinajstić information content (AvgIpc) is 2.36. The van der Waals surface area contributed by atoms with E-state index in [1.54, 1.807) is 11.8 Å². The lowest BCUT2D eigenvalue weighted by atomic mass is 10.1. The molecule has 0 aliphatic rings.